The topological polar surface area (TPSA) is 109 Å². The number of nitrogens with two attached hydrogens (primary N) is 1. The molecule has 1 aliphatic carbocycles. The van der Waals surface area contributed by atoms with E-state index in [0.29, 0.717) is 10.6 Å². The number of hydrogen-bond donors (Lipinski definition) is 3. The number of carbonyl (C=O) groups is 3. The number of carboxylic acid groups (broad SMARTS) is 1. The average Bonchev–Trinajstić information content (AvgIpc) is 2.60. The van der Waals surface area contributed by atoms with Crippen LogP contribution in [0.5, 0.6) is 0 Å². The number of amides is 2. The molecule has 22 heavy (non-hydrogen) atoms. The smallest absolute Gasteiger partial charge is 0.303 e. The quantitative estimate of drug-likeness (QED) is 0.697. The monoisotopic (exact) mass is 324 g/mol. The minimum absolute atomic E-state index is 0.0446. The lowest BCUT2D eigenvalue weighted by Gasteiger charge is -2.06. The molecule has 0 aliphatic heterocycles. The van der Waals surface area contributed by atoms with Gasteiger partial charge in [0.05, 0.1) is 5.56 Å². The first kappa shape index (κ1) is 16.5. The highest BCUT2D eigenvalue weighted by molar-refractivity contribution is 7.17. The van der Waals surface area contributed by atoms with Gasteiger partial charge in [-0.1, -0.05) is 6.42 Å². The Labute approximate surface area is 132 Å². The summed E-state index contributed by atoms with van der Waals surface area (Å²) in [7, 11) is 0. The predicted molar refractivity (Wildman–Crippen MR) is 84.2 cm³/mol. The van der Waals surface area contributed by atoms with E-state index in [2.05, 4.69) is 5.32 Å². The summed E-state index contributed by atoms with van der Waals surface area (Å²) in [6, 6.07) is 0. The van der Waals surface area contributed by atoms with Gasteiger partial charge in [0.1, 0.15) is 5.00 Å². The number of primary amides is 1. The number of carbonyl (C=O) groups excluding carboxylic acids is 2. The zero-order valence-corrected chi connectivity index (χ0v) is 13.1. The van der Waals surface area contributed by atoms with E-state index >= 15 is 0 Å². The first-order chi connectivity index (χ1) is 10.5. The van der Waals surface area contributed by atoms with Gasteiger partial charge in [0.15, 0.2) is 0 Å². The Morgan fingerprint density at radius 2 is 1.86 bits per heavy atom. The maximum absolute atomic E-state index is 11.9. The van der Waals surface area contributed by atoms with E-state index in [-0.39, 0.29) is 25.2 Å². The van der Waals surface area contributed by atoms with Gasteiger partial charge in [0.25, 0.3) is 5.91 Å². The molecule has 1 heterocycles. The summed E-state index contributed by atoms with van der Waals surface area (Å²) in [4.78, 5) is 35.2. The van der Waals surface area contributed by atoms with Crippen molar-refractivity contribution in [3.63, 3.8) is 0 Å². The van der Waals surface area contributed by atoms with Crippen LogP contribution in [0.3, 0.4) is 0 Å². The summed E-state index contributed by atoms with van der Waals surface area (Å²) < 4.78 is 0. The molecule has 1 aromatic heterocycles. The molecule has 0 radical (unpaired) electrons. The fourth-order valence-electron chi connectivity index (χ4n) is 2.68. The molecule has 120 valence electrons. The summed E-state index contributed by atoms with van der Waals surface area (Å²) in [6.07, 6.45) is 5.32. The summed E-state index contributed by atoms with van der Waals surface area (Å²) in [5.41, 5.74) is 6.91. The summed E-state index contributed by atoms with van der Waals surface area (Å²) in [5, 5.41) is 11.8. The Morgan fingerprint density at radius 3 is 2.55 bits per heavy atom. The van der Waals surface area contributed by atoms with E-state index in [4.69, 9.17) is 10.8 Å². The highest BCUT2D eigenvalue weighted by Crippen LogP contribution is 2.37. The van der Waals surface area contributed by atoms with Crippen molar-refractivity contribution >= 4 is 34.1 Å². The van der Waals surface area contributed by atoms with Crippen LogP contribution < -0.4 is 11.1 Å². The number of hydrogen-bond acceptors (Lipinski definition) is 4. The average molecular weight is 324 g/mol. The Hall–Kier alpha value is -1.89. The number of thiophene rings is 1. The number of rotatable bonds is 6. The number of nitrogens with one attached hydrogen (secondary N) is 1. The third kappa shape index (κ3) is 4.07. The molecule has 2 amide bonds. The lowest BCUT2D eigenvalue weighted by Crippen LogP contribution is -2.18. The van der Waals surface area contributed by atoms with Crippen LogP contribution in [-0.2, 0) is 22.4 Å². The molecule has 0 aromatic carbocycles. The molecule has 0 unspecified atom stereocenters. The molecule has 7 heteroatoms. The number of aryl methyl sites for hydroxylation is 1. The number of aliphatic carboxylic acids is 1. The van der Waals surface area contributed by atoms with Crippen molar-refractivity contribution in [3.05, 3.63) is 16.0 Å². The number of carboxylic acids is 1. The van der Waals surface area contributed by atoms with Gasteiger partial charge >= 0.3 is 5.97 Å². The van der Waals surface area contributed by atoms with E-state index in [0.717, 1.165) is 42.5 Å². The summed E-state index contributed by atoms with van der Waals surface area (Å²) >= 11 is 1.42. The van der Waals surface area contributed by atoms with Crippen LogP contribution in [0, 0.1) is 0 Å². The molecule has 0 saturated heterocycles. The fraction of sp³-hybridized carbons (Fsp3) is 0.533. The SMILES string of the molecule is NC(=O)c1c(NC(=O)CCCC(=O)O)sc2c1CCCCC2. The van der Waals surface area contributed by atoms with Gasteiger partial charge < -0.3 is 16.2 Å². The Bertz CT molecular complexity index is 595. The lowest BCUT2D eigenvalue weighted by molar-refractivity contribution is -0.137. The second kappa shape index (κ2) is 7.40. The van der Waals surface area contributed by atoms with Crippen LogP contribution in [-0.4, -0.2) is 22.9 Å². The van der Waals surface area contributed by atoms with E-state index < -0.39 is 11.9 Å². The zero-order valence-electron chi connectivity index (χ0n) is 12.3. The Morgan fingerprint density at radius 1 is 1.14 bits per heavy atom. The van der Waals surface area contributed by atoms with E-state index in [1.54, 1.807) is 0 Å². The summed E-state index contributed by atoms with van der Waals surface area (Å²) in [5.74, 6) is -1.71. The fourth-order valence-corrected chi connectivity index (χ4v) is 3.99. The van der Waals surface area contributed by atoms with Gasteiger partial charge in [-0.15, -0.1) is 11.3 Å². The maximum atomic E-state index is 11.9. The molecule has 0 bridgehead atoms. The van der Waals surface area contributed by atoms with E-state index in [1.807, 2.05) is 0 Å². The van der Waals surface area contributed by atoms with Crippen molar-refractivity contribution < 1.29 is 19.5 Å². The van der Waals surface area contributed by atoms with Crippen LogP contribution in [0.15, 0.2) is 0 Å². The third-order valence-electron chi connectivity index (χ3n) is 3.72. The molecule has 1 aromatic rings. The minimum atomic E-state index is -0.923. The second-order valence-corrected chi connectivity index (χ2v) is 6.53. The van der Waals surface area contributed by atoms with Crippen molar-refractivity contribution in [2.24, 2.45) is 5.73 Å². The van der Waals surface area contributed by atoms with E-state index in [1.165, 1.54) is 11.3 Å². The molecule has 0 atom stereocenters. The standard InChI is InChI=1S/C15H20N2O4S/c16-14(21)13-9-5-2-1-3-6-10(9)22-15(13)17-11(18)7-4-8-12(19)20/h1-8H2,(H2,16,21)(H,17,18)(H,19,20). The molecule has 4 N–H and O–H groups in total. The van der Waals surface area contributed by atoms with Crippen LogP contribution in [0.4, 0.5) is 5.00 Å². The van der Waals surface area contributed by atoms with Gasteiger partial charge in [0, 0.05) is 17.7 Å². The van der Waals surface area contributed by atoms with Crippen molar-refractivity contribution in [3.8, 4) is 0 Å². The number of fused-ring (bicyclic) bond motifs is 1. The molecule has 2 rings (SSSR count). The Kier molecular flexibility index (Phi) is 5.54. The number of anilines is 1. The first-order valence-corrected chi connectivity index (χ1v) is 8.26. The second-order valence-electron chi connectivity index (χ2n) is 5.43. The largest absolute Gasteiger partial charge is 0.481 e. The minimum Gasteiger partial charge on any atom is -0.481 e. The lowest BCUT2D eigenvalue weighted by atomic mass is 10.1. The maximum Gasteiger partial charge on any atom is 0.303 e. The van der Waals surface area contributed by atoms with Gasteiger partial charge in [-0.3, -0.25) is 14.4 Å². The van der Waals surface area contributed by atoms with Gasteiger partial charge in [-0.05, 0) is 37.7 Å². The molecule has 0 saturated carbocycles. The van der Waals surface area contributed by atoms with Crippen molar-refractivity contribution in [2.45, 2.75) is 51.4 Å². The van der Waals surface area contributed by atoms with Crippen LogP contribution in [0.2, 0.25) is 0 Å². The van der Waals surface area contributed by atoms with Crippen LogP contribution in [0.1, 0.15) is 59.3 Å². The first-order valence-electron chi connectivity index (χ1n) is 7.45. The van der Waals surface area contributed by atoms with Crippen LogP contribution in [0.25, 0.3) is 0 Å². The van der Waals surface area contributed by atoms with Crippen molar-refractivity contribution in [2.75, 3.05) is 5.32 Å². The highest BCUT2D eigenvalue weighted by atomic mass is 32.1. The molecule has 1 aliphatic rings. The summed E-state index contributed by atoms with van der Waals surface area (Å²) in [6.45, 7) is 0. The normalized spacial score (nSPS) is 14.0. The molecular weight excluding hydrogens is 304 g/mol. The molecular formula is C15H20N2O4S. The third-order valence-corrected chi connectivity index (χ3v) is 4.92. The Balaban J connectivity index is 2.11. The predicted octanol–water partition coefficient (Wildman–Crippen LogP) is 2.31. The molecule has 0 fully saturated rings. The van der Waals surface area contributed by atoms with Gasteiger partial charge in [0.2, 0.25) is 5.91 Å². The van der Waals surface area contributed by atoms with Gasteiger partial charge in [-0.2, -0.15) is 0 Å². The zero-order chi connectivity index (χ0) is 16.1. The highest BCUT2D eigenvalue weighted by Gasteiger charge is 2.24. The van der Waals surface area contributed by atoms with E-state index in [9.17, 15) is 14.4 Å². The van der Waals surface area contributed by atoms with Crippen molar-refractivity contribution in [1.29, 1.82) is 0 Å². The van der Waals surface area contributed by atoms with Crippen LogP contribution >= 0.6 is 11.3 Å². The van der Waals surface area contributed by atoms with Crippen molar-refractivity contribution in [1.82, 2.24) is 0 Å². The van der Waals surface area contributed by atoms with Gasteiger partial charge in [-0.25, -0.2) is 0 Å². The molecule has 6 nitrogen and oxygen atoms in total. The molecule has 0 spiro atoms.